The first-order chi connectivity index (χ1) is 11.2. The summed E-state index contributed by atoms with van der Waals surface area (Å²) in [6, 6.07) is 8.00. The summed E-state index contributed by atoms with van der Waals surface area (Å²) in [4.78, 5) is 14.9. The van der Waals surface area contributed by atoms with Crippen LogP contribution >= 0.6 is 35.0 Å². The summed E-state index contributed by atoms with van der Waals surface area (Å²) in [6.07, 6.45) is 0.986. The molecule has 0 amide bonds. The van der Waals surface area contributed by atoms with Gasteiger partial charge in [0.05, 0.1) is 10.6 Å². The maximum Gasteiger partial charge on any atom is 0.227 e. The number of anilines is 2. The van der Waals surface area contributed by atoms with Crippen molar-refractivity contribution in [2.75, 3.05) is 41.7 Å². The third-order valence-corrected chi connectivity index (χ3v) is 5.99. The van der Waals surface area contributed by atoms with E-state index in [1.54, 1.807) is 11.8 Å². The van der Waals surface area contributed by atoms with E-state index in [0.29, 0.717) is 5.15 Å². The molecule has 0 atom stereocenters. The average molecular weight is 367 g/mol. The molecule has 0 saturated carbocycles. The van der Waals surface area contributed by atoms with E-state index in [1.165, 1.54) is 5.69 Å². The van der Waals surface area contributed by atoms with E-state index in [4.69, 9.17) is 28.2 Å². The smallest absolute Gasteiger partial charge is 0.227 e. The maximum atomic E-state index is 6.31. The number of hydrogen-bond donors (Lipinski definition) is 0. The molecule has 120 valence electrons. The summed E-state index contributed by atoms with van der Waals surface area (Å²) in [7, 11) is 0. The number of benzene rings is 1. The Hall–Kier alpha value is -1.17. The van der Waals surface area contributed by atoms with Gasteiger partial charge in [0.1, 0.15) is 5.15 Å². The van der Waals surface area contributed by atoms with Crippen LogP contribution in [0.2, 0.25) is 10.2 Å². The van der Waals surface area contributed by atoms with Crippen molar-refractivity contribution < 1.29 is 0 Å². The Bertz CT molecular complexity index is 715. The maximum absolute atomic E-state index is 6.31. The summed E-state index contributed by atoms with van der Waals surface area (Å²) < 4.78 is 0. The summed E-state index contributed by atoms with van der Waals surface area (Å²) in [6.45, 7) is 3.67. The van der Waals surface area contributed by atoms with Gasteiger partial charge in [0, 0.05) is 49.1 Å². The molecule has 3 heterocycles. The van der Waals surface area contributed by atoms with E-state index in [-0.39, 0.29) is 0 Å². The zero-order chi connectivity index (χ0) is 15.8. The standard InChI is InChI=1S/C16H16Cl2N4S/c17-11-1-3-12(4-2-11)21-6-8-22(9-7-21)16-19-13-5-10-23-14(13)15(18)20-16/h1-4H,5-10H2. The fraction of sp³-hybridized carbons (Fsp3) is 0.375. The van der Waals surface area contributed by atoms with Crippen molar-refractivity contribution in [3.8, 4) is 0 Å². The molecule has 2 aliphatic rings. The van der Waals surface area contributed by atoms with Crippen molar-refractivity contribution in [3.05, 3.63) is 40.1 Å². The van der Waals surface area contributed by atoms with Gasteiger partial charge in [0.15, 0.2) is 0 Å². The Labute approximate surface area is 149 Å². The van der Waals surface area contributed by atoms with Crippen molar-refractivity contribution in [3.63, 3.8) is 0 Å². The first-order valence-electron chi connectivity index (χ1n) is 7.65. The summed E-state index contributed by atoms with van der Waals surface area (Å²) in [5.41, 5.74) is 2.31. The van der Waals surface area contributed by atoms with E-state index in [2.05, 4.69) is 26.9 Å². The fourth-order valence-corrected chi connectivity index (χ4v) is 4.43. The Morgan fingerprint density at radius 3 is 2.35 bits per heavy atom. The summed E-state index contributed by atoms with van der Waals surface area (Å²) in [5, 5.41) is 1.37. The molecule has 7 heteroatoms. The molecule has 0 bridgehead atoms. The van der Waals surface area contributed by atoms with Gasteiger partial charge in [-0.2, -0.15) is 4.98 Å². The highest BCUT2D eigenvalue weighted by atomic mass is 35.5. The van der Waals surface area contributed by atoms with Crippen LogP contribution in [-0.4, -0.2) is 41.9 Å². The van der Waals surface area contributed by atoms with Crippen LogP contribution in [0.25, 0.3) is 0 Å². The third-order valence-electron chi connectivity index (χ3n) is 4.22. The lowest BCUT2D eigenvalue weighted by Crippen LogP contribution is -2.47. The minimum Gasteiger partial charge on any atom is -0.368 e. The predicted octanol–water partition coefficient (Wildman–Crippen LogP) is 3.76. The molecule has 0 spiro atoms. The molecule has 4 nitrogen and oxygen atoms in total. The number of nitrogens with zero attached hydrogens (tertiary/aromatic N) is 4. The minimum atomic E-state index is 0.604. The topological polar surface area (TPSA) is 32.3 Å². The quantitative estimate of drug-likeness (QED) is 0.755. The van der Waals surface area contributed by atoms with Crippen LogP contribution < -0.4 is 9.80 Å². The number of aryl methyl sites for hydroxylation is 1. The van der Waals surface area contributed by atoms with Gasteiger partial charge in [0.25, 0.3) is 0 Å². The van der Waals surface area contributed by atoms with Gasteiger partial charge in [-0.25, -0.2) is 4.98 Å². The zero-order valence-electron chi connectivity index (χ0n) is 12.5. The number of piperazine rings is 1. The average Bonchev–Trinajstić information content (AvgIpc) is 3.05. The number of halogens is 2. The summed E-state index contributed by atoms with van der Waals surface area (Å²) in [5.74, 6) is 1.82. The molecule has 2 aromatic rings. The molecule has 1 fully saturated rings. The molecule has 23 heavy (non-hydrogen) atoms. The molecule has 0 N–H and O–H groups in total. The van der Waals surface area contributed by atoms with Crippen LogP contribution in [0, 0.1) is 0 Å². The van der Waals surface area contributed by atoms with Crippen molar-refractivity contribution in [1.82, 2.24) is 9.97 Å². The van der Waals surface area contributed by atoms with Crippen molar-refractivity contribution in [1.29, 1.82) is 0 Å². The Balaban J connectivity index is 1.47. The fourth-order valence-electron chi connectivity index (χ4n) is 2.97. The van der Waals surface area contributed by atoms with Crippen LogP contribution in [0.1, 0.15) is 5.69 Å². The number of rotatable bonds is 2. The van der Waals surface area contributed by atoms with Crippen LogP contribution in [0.15, 0.2) is 29.2 Å². The number of aromatic nitrogens is 2. The molecule has 0 aliphatic carbocycles. The van der Waals surface area contributed by atoms with E-state index in [9.17, 15) is 0 Å². The molecular weight excluding hydrogens is 351 g/mol. The van der Waals surface area contributed by atoms with E-state index in [1.807, 2.05) is 12.1 Å². The van der Waals surface area contributed by atoms with Gasteiger partial charge in [-0.05, 0) is 24.3 Å². The van der Waals surface area contributed by atoms with Crippen molar-refractivity contribution in [2.45, 2.75) is 11.3 Å². The monoisotopic (exact) mass is 366 g/mol. The Morgan fingerprint density at radius 1 is 0.913 bits per heavy atom. The number of fused-ring (bicyclic) bond motifs is 1. The highest BCUT2D eigenvalue weighted by molar-refractivity contribution is 7.99. The molecule has 1 aromatic heterocycles. The van der Waals surface area contributed by atoms with Crippen LogP contribution in [0.3, 0.4) is 0 Å². The second-order valence-electron chi connectivity index (χ2n) is 5.64. The minimum absolute atomic E-state index is 0.604. The zero-order valence-corrected chi connectivity index (χ0v) is 14.8. The first-order valence-corrected chi connectivity index (χ1v) is 9.39. The molecule has 0 unspecified atom stereocenters. The van der Waals surface area contributed by atoms with Gasteiger partial charge in [-0.1, -0.05) is 23.2 Å². The Morgan fingerprint density at radius 2 is 1.61 bits per heavy atom. The SMILES string of the molecule is Clc1ccc(N2CCN(c3nc(Cl)c4c(n3)CCS4)CC2)cc1. The second kappa shape index (κ2) is 6.38. The van der Waals surface area contributed by atoms with Crippen LogP contribution in [0.5, 0.6) is 0 Å². The normalized spacial score (nSPS) is 17.5. The van der Waals surface area contributed by atoms with Gasteiger partial charge >= 0.3 is 0 Å². The lowest BCUT2D eigenvalue weighted by Gasteiger charge is -2.36. The molecular formula is C16H16Cl2N4S. The van der Waals surface area contributed by atoms with Crippen LogP contribution in [0.4, 0.5) is 11.6 Å². The molecule has 1 aromatic carbocycles. The van der Waals surface area contributed by atoms with Crippen molar-refractivity contribution in [2.24, 2.45) is 0 Å². The van der Waals surface area contributed by atoms with Gasteiger partial charge in [-0.3, -0.25) is 0 Å². The number of thioether (sulfide) groups is 1. The molecule has 2 aliphatic heterocycles. The van der Waals surface area contributed by atoms with E-state index in [0.717, 1.165) is 59.9 Å². The first kappa shape index (κ1) is 15.4. The van der Waals surface area contributed by atoms with Gasteiger partial charge in [0.2, 0.25) is 5.95 Å². The third kappa shape index (κ3) is 3.10. The molecule has 4 rings (SSSR count). The molecule has 0 radical (unpaired) electrons. The number of hydrogen-bond acceptors (Lipinski definition) is 5. The van der Waals surface area contributed by atoms with Gasteiger partial charge < -0.3 is 9.80 Å². The van der Waals surface area contributed by atoms with E-state index < -0.39 is 0 Å². The highest BCUT2D eigenvalue weighted by Crippen LogP contribution is 2.36. The largest absolute Gasteiger partial charge is 0.368 e. The Kier molecular flexibility index (Phi) is 4.26. The lowest BCUT2D eigenvalue weighted by molar-refractivity contribution is 0.637. The summed E-state index contributed by atoms with van der Waals surface area (Å²) >= 11 is 14.0. The van der Waals surface area contributed by atoms with Crippen molar-refractivity contribution >= 4 is 46.6 Å². The van der Waals surface area contributed by atoms with Crippen LogP contribution in [-0.2, 0) is 6.42 Å². The lowest BCUT2D eigenvalue weighted by atomic mass is 10.2. The van der Waals surface area contributed by atoms with E-state index >= 15 is 0 Å². The predicted molar refractivity (Wildman–Crippen MR) is 97.3 cm³/mol. The van der Waals surface area contributed by atoms with Gasteiger partial charge in [-0.15, -0.1) is 11.8 Å². The highest BCUT2D eigenvalue weighted by Gasteiger charge is 2.24. The second-order valence-corrected chi connectivity index (χ2v) is 7.54. The molecule has 1 saturated heterocycles.